The predicted molar refractivity (Wildman–Crippen MR) is 80.6 cm³/mol. The summed E-state index contributed by atoms with van der Waals surface area (Å²) < 4.78 is 1.92. The Morgan fingerprint density at radius 1 is 1.32 bits per heavy atom. The van der Waals surface area contributed by atoms with E-state index in [0.29, 0.717) is 0 Å². The van der Waals surface area contributed by atoms with Crippen molar-refractivity contribution in [3.05, 3.63) is 5.69 Å². The van der Waals surface area contributed by atoms with Crippen LogP contribution in [0.3, 0.4) is 0 Å². The van der Waals surface area contributed by atoms with E-state index in [2.05, 4.69) is 28.9 Å². The standard InChI is InChI=1S/C14H27N5/c1-4-7-12-13(15)14(18(3)16-12)17(2)10-11-19-8-5-6-9-19/h4-11,15H2,1-3H3. The number of likely N-dealkylation sites (tertiary alicyclic amines) is 1. The lowest BCUT2D eigenvalue weighted by Gasteiger charge is -2.23. The molecule has 1 aromatic rings. The van der Waals surface area contributed by atoms with Crippen molar-refractivity contribution in [3.63, 3.8) is 0 Å². The van der Waals surface area contributed by atoms with Crippen LogP contribution in [-0.2, 0) is 13.5 Å². The molecule has 0 aromatic carbocycles. The Labute approximate surface area is 116 Å². The summed E-state index contributed by atoms with van der Waals surface area (Å²) in [4.78, 5) is 4.76. The highest BCUT2D eigenvalue weighted by atomic mass is 15.4. The van der Waals surface area contributed by atoms with E-state index < -0.39 is 0 Å². The molecule has 2 N–H and O–H groups in total. The van der Waals surface area contributed by atoms with Crippen LogP contribution in [0.2, 0.25) is 0 Å². The molecule has 0 atom stereocenters. The van der Waals surface area contributed by atoms with Crippen LogP contribution in [0.5, 0.6) is 0 Å². The average molecular weight is 265 g/mol. The Morgan fingerprint density at radius 2 is 2.00 bits per heavy atom. The fourth-order valence-corrected chi connectivity index (χ4v) is 2.86. The minimum Gasteiger partial charge on any atom is -0.394 e. The predicted octanol–water partition coefficient (Wildman–Crippen LogP) is 1.49. The Balaban J connectivity index is 1.99. The number of rotatable bonds is 6. The summed E-state index contributed by atoms with van der Waals surface area (Å²) in [5.41, 5.74) is 8.13. The van der Waals surface area contributed by atoms with Crippen LogP contribution in [-0.4, -0.2) is 47.9 Å². The maximum atomic E-state index is 6.24. The van der Waals surface area contributed by atoms with Gasteiger partial charge in [0.1, 0.15) is 5.82 Å². The van der Waals surface area contributed by atoms with Crippen LogP contribution in [0.15, 0.2) is 0 Å². The van der Waals surface area contributed by atoms with Crippen molar-refractivity contribution in [3.8, 4) is 0 Å². The summed E-state index contributed by atoms with van der Waals surface area (Å²) in [6.07, 6.45) is 4.73. The average Bonchev–Trinajstić information content (AvgIpc) is 2.97. The first-order valence-corrected chi connectivity index (χ1v) is 7.38. The highest BCUT2D eigenvalue weighted by Crippen LogP contribution is 2.26. The Kier molecular flexibility index (Phi) is 4.69. The second-order valence-electron chi connectivity index (χ2n) is 5.53. The van der Waals surface area contributed by atoms with Crippen molar-refractivity contribution in [2.45, 2.75) is 32.6 Å². The van der Waals surface area contributed by atoms with Gasteiger partial charge in [0, 0.05) is 27.2 Å². The minimum absolute atomic E-state index is 0.855. The maximum Gasteiger partial charge on any atom is 0.150 e. The van der Waals surface area contributed by atoms with E-state index in [9.17, 15) is 0 Å². The summed E-state index contributed by atoms with van der Waals surface area (Å²) in [5, 5.41) is 4.54. The van der Waals surface area contributed by atoms with Gasteiger partial charge in [-0.25, -0.2) is 0 Å². The van der Waals surface area contributed by atoms with Crippen molar-refractivity contribution >= 4 is 11.5 Å². The second-order valence-corrected chi connectivity index (χ2v) is 5.53. The Hall–Kier alpha value is -1.23. The van der Waals surface area contributed by atoms with Crippen molar-refractivity contribution in [2.75, 3.05) is 43.9 Å². The number of nitrogen functional groups attached to an aromatic ring is 1. The van der Waals surface area contributed by atoms with Crippen LogP contribution in [0.25, 0.3) is 0 Å². The van der Waals surface area contributed by atoms with Gasteiger partial charge in [0.25, 0.3) is 0 Å². The molecule has 0 spiro atoms. The Bertz CT molecular complexity index is 406. The lowest BCUT2D eigenvalue weighted by molar-refractivity contribution is 0.346. The third-order valence-electron chi connectivity index (χ3n) is 3.93. The molecule has 5 nitrogen and oxygen atoms in total. The number of anilines is 2. The molecule has 0 radical (unpaired) electrons. The largest absolute Gasteiger partial charge is 0.394 e. The summed E-state index contributed by atoms with van der Waals surface area (Å²) >= 11 is 0. The van der Waals surface area contributed by atoms with Gasteiger partial charge in [0.2, 0.25) is 0 Å². The number of aromatic nitrogens is 2. The quantitative estimate of drug-likeness (QED) is 0.846. The van der Waals surface area contributed by atoms with Gasteiger partial charge < -0.3 is 15.5 Å². The number of hydrogen-bond acceptors (Lipinski definition) is 4. The lowest BCUT2D eigenvalue weighted by Crippen LogP contribution is -2.32. The fraction of sp³-hybridized carbons (Fsp3) is 0.786. The number of nitrogens with zero attached hydrogens (tertiary/aromatic N) is 4. The second kappa shape index (κ2) is 6.28. The van der Waals surface area contributed by atoms with Crippen molar-refractivity contribution in [2.24, 2.45) is 7.05 Å². The smallest absolute Gasteiger partial charge is 0.150 e. The highest BCUT2D eigenvalue weighted by Gasteiger charge is 2.18. The van der Waals surface area contributed by atoms with Crippen LogP contribution in [0.4, 0.5) is 11.5 Å². The molecular formula is C14H27N5. The molecule has 1 aliphatic rings. The van der Waals surface area contributed by atoms with Gasteiger partial charge in [-0.05, 0) is 32.4 Å². The molecule has 0 aliphatic carbocycles. The molecule has 1 aliphatic heterocycles. The molecule has 1 saturated heterocycles. The van der Waals surface area contributed by atoms with Gasteiger partial charge in [-0.1, -0.05) is 13.3 Å². The van der Waals surface area contributed by atoms with Gasteiger partial charge in [0.05, 0.1) is 11.4 Å². The molecule has 0 saturated carbocycles. The molecule has 19 heavy (non-hydrogen) atoms. The normalized spacial score (nSPS) is 16.2. The summed E-state index contributed by atoms with van der Waals surface area (Å²) in [6.45, 7) is 6.77. The summed E-state index contributed by atoms with van der Waals surface area (Å²) in [7, 11) is 4.09. The molecule has 1 fully saturated rings. The molecule has 0 unspecified atom stereocenters. The van der Waals surface area contributed by atoms with Crippen molar-refractivity contribution in [1.82, 2.24) is 14.7 Å². The first-order chi connectivity index (χ1) is 9.13. The van der Waals surface area contributed by atoms with E-state index in [1.807, 2.05) is 11.7 Å². The molecule has 5 heteroatoms. The number of aryl methyl sites for hydroxylation is 2. The third-order valence-corrected chi connectivity index (χ3v) is 3.93. The summed E-state index contributed by atoms with van der Waals surface area (Å²) in [5.74, 6) is 1.06. The number of hydrogen-bond donors (Lipinski definition) is 1. The van der Waals surface area contributed by atoms with Gasteiger partial charge >= 0.3 is 0 Å². The van der Waals surface area contributed by atoms with E-state index in [-0.39, 0.29) is 0 Å². The van der Waals surface area contributed by atoms with E-state index in [1.165, 1.54) is 25.9 Å². The zero-order chi connectivity index (χ0) is 13.8. The van der Waals surface area contributed by atoms with Gasteiger partial charge in [0.15, 0.2) is 0 Å². The van der Waals surface area contributed by atoms with E-state index >= 15 is 0 Å². The van der Waals surface area contributed by atoms with Crippen LogP contribution >= 0.6 is 0 Å². The SMILES string of the molecule is CCCc1nn(C)c(N(C)CCN2CCCC2)c1N. The van der Waals surface area contributed by atoms with Gasteiger partial charge in [-0.15, -0.1) is 0 Å². The zero-order valence-electron chi connectivity index (χ0n) is 12.5. The zero-order valence-corrected chi connectivity index (χ0v) is 12.5. The van der Waals surface area contributed by atoms with Crippen LogP contribution in [0, 0.1) is 0 Å². The van der Waals surface area contributed by atoms with E-state index in [0.717, 1.165) is 43.1 Å². The molecule has 2 heterocycles. The van der Waals surface area contributed by atoms with E-state index in [4.69, 9.17) is 5.73 Å². The monoisotopic (exact) mass is 265 g/mol. The first-order valence-electron chi connectivity index (χ1n) is 7.38. The molecule has 1 aromatic heterocycles. The van der Waals surface area contributed by atoms with Crippen LogP contribution in [0.1, 0.15) is 31.9 Å². The molecule has 108 valence electrons. The summed E-state index contributed by atoms with van der Waals surface area (Å²) in [6, 6.07) is 0. The maximum absolute atomic E-state index is 6.24. The lowest BCUT2D eigenvalue weighted by atomic mass is 10.2. The van der Waals surface area contributed by atoms with E-state index in [1.54, 1.807) is 0 Å². The molecular weight excluding hydrogens is 238 g/mol. The Morgan fingerprint density at radius 3 is 2.63 bits per heavy atom. The third kappa shape index (κ3) is 3.21. The first kappa shape index (κ1) is 14.2. The van der Waals surface area contributed by atoms with Crippen molar-refractivity contribution < 1.29 is 0 Å². The number of nitrogens with two attached hydrogens (primary N) is 1. The number of likely N-dealkylation sites (N-methyl/N-ethyl adjacent to an activating group) is 1. The van der Waals surface area contributed by atoms with Gasteiger partial charge in [-0.3, -0.25) is 4.68 Å². The van der Waals surface area contributed by atoms with Crippen molar-refractivity contribution in [1.29, 1.82) is 0 Å². The highest BCUT2D eigenvalue weighted by molar-refractivity contribution is 5.66. The minimum atomic E-state index is 0.855. The molecule has 2 rings (SSSR count). The fourth-order valence-electron chi connectivity index (χ4n) is 2.86. The molecule has 0 amide bonds. The van der Waals surface area contributed by atoms with Gasteiger partial charge in [-0.2, -0.15) is 5.10 Å². The molecule has 0 bridgehead atoms. The van der Waals surface area contributed by atoms with Crippen LogP contribution < -0.4 is 10.6 Å². The topological polar surface area (TPSA) is 50.3 Å².